The third-order valence-corrected chi connectivity index (χ3v) is 4.88. The number of aromatic nitrogens is 1. The Bertz CT molecular complexity index is 559. The van der Waals surface area contributed by atoms with Crippen molar-refractivity contribution in [3.05, 3.63) is 34.7 Å². The summed E-state index contributed by atoms with van der Waals surface area (Å²) in [6.45, 7) is 4.41. The fourth-order valence-corrected chi connectivity index (χ4v) is 3.66. The van der Waals surface area contributed by atoms with E-state index in [2.05, 4.69) is 46.9 Å². The maximum absolute atomic E-state index is 4.53. The summed E-state index contributed by atoms with van der Waals surface area (Å²) in [5.41, 5.74) is 3.53. The lowest BCUT2D eigenvalue weighted by Crippen LogP contribution is -2.26. The molecule has 2 unspecified atom stereocenters. The summed E-state index contributed by atoms with van der Waals surface area (Å²) in [5.74, 6) is 0.860. The Morgan fingerprint density at radius 1 is 1.20 bits per heavy atom. The zero-order chi connectivity index (χ0) is 13.9. The molecule has 1 N–H and O–H groups in total. The minimum Gasteiger partial charge on any atom is -0.382 e. The van der Waals surface area contributed by atoms with Gasteiger partial charge in [-0.25, -0.2) is 4.98 Å². The van der Waals surface area contributed by atoms with Gasteiger partial charge in [0.15, 0.2) is 0 Å². The van der Waals surface area contributed by atoms with Gasteiger partial charge in [-0.2, -0.15) is 0 Å². The number of nitrogens with zero attached hydrogens (tertiary/aromatic N) is 1. The van der Waals surface area contributed by atoms with Crippen LogP contribution in [0.3, 0.4) is 0 Å². The van der Waals surface area contributed by atoms with Gasteiger partial charge in [-0.15, -0.1) is 11.3 Å². The van der Waals surface area contributed by atoms with Crippen molar-refractivity contribution < 1.29 is 0 Å². The summed E-state index contributed by atoms with van der Waals surface area (Å²) >= 11 is 1.71. The van der Waals surface area contributed by atoms with Crippen molar-refractivity contribution in [1.29, 1.82) is 0 Å². The Balaban J connectivity index is 1.67. The Hall–Kier alpha value is -1.35. The lowest BCUT2D eigenvalue weighted by atomic mass is 9.87. The van der Waals surface area contributed by atoms with Crippen LogP contribution in [0.1, 0.15) is 37.6 Å². The number of benzene rings is 1. The standard InChI is InChI=1S/C17H22N2S/c1-12-4-3-5-16(10-12)19-15-8-6-14(7-9-15)17-11-20-13(2)18-17/h6-9,11-12,16,19H,3-5,10H2,1-2H3. The van der Waals surface area contributed by atoms with Crippen LogP contribution in [-0.4, -0.2) is 11.0 Å². The van der Waals surface area contributed by atoms with Crippen LogP contribution in [0.15, 0.2) is 29.6 Å². The monoisotopic (exact) mass is 286 g/mol. The molecular formula is C17H22N2S. The molecule has 106 valence electrons. The highest BCUT2D eigenvalue weighted by Gasteiger charge is 2.18. The summed E-state index contributed by atoms with van der Waals surface area (Å²) in [5, 5.41) is 6.93. The van der Waals surface area contributed by atoms with Gasteiger partial charge in [0.25, 0.3) is 0 Å². The zero-order valence-corrected chi connectivity index (χ0v) is 13.0. The molecule has 1 aliphatic carbocycles. The van der Waals surface area contributed by atoms with Gasteiger partial charge in [-0.05, 0) is 37.8 Å². The molecule has 2 nitrogen and oxygen atoms in total. The van der Waals surface area contributed by atoms with Crippen LogP contribution in [0.5, 0.6) is 0 Å². The number of hydrogen-bond acceptors (Lipinski definition) is 3. The van der Waals surface area contributed by atoms with Crippen LogP contribution >= 0.6 is 11.3 Å². The van der Waals surface area contributed by atoms with E-state index in [9.17, 15) is 0 Å². The van der Waals surface area contributed by atoms with Crippen LogP contribution in [0.25, 0.3) is 11.3 Å². The molecule has 3 heteroatoms. The summed E-state index contributed by atoms with van der Waals surface area (Å²) < 4.78 is 0. The van der Waals surface area contributed by atoms with Crippen molar-refractivity contribution in [2.75, 3.05) is 5.32 Å². The third-order valence-electron chi connectivity index (χ3n) is 4.11. The molecular weight excluding hydrogens is 264 g/mol. The highest BCUT2D eigenvalue weighted by molar-refractivity contribution is 7.09. The van der Waals surface area contributed by atoms with Crippen molar-refractivity contribution in [2.24, 2.45) is 5.92 Å². The van der Waals surface area contributed by atoms with E-state index in [1.807, 2.05) is 6.92 Å². The van der Waals surface area contributed by atoms with Gasteiger partial charge < -0.3 is 5.32 Å². The number of anilines is 1. The molecule has 1 aromatic carbocycles. The highest BCUT2D eigenvalue weighted by Crippen LogP contribution is 2.27. The van der Waals surface area contributed by atoms with Gasteiger partial charge in [0.2, 0.25) is 0 Å². The smallest absolute Gasteiger partial charge is 0.0901 e. The fraction of sp³-hybridized carbons (Fsp3) is 0.471. The van der Waals surface area contributed by atoms with Gasteiger partial charge in [0.1, 0.15) is 0 Å². The van der Waals surface area contributed by atoms with Crippen molar-refractivity contribution in [1.82, 2.24) is 4.98 Å². The molecule has 1 aliphatic rings. The molecule has 1 fully saturated rings. The van der Waals surface area contributed by atoms with Crippen LogP contribution in [0.4, 0.5) is 5.69 Å². The van der Waals surface area contributed by atoms with E-state index in [0.717, 1.165) is 16.6 Å². The molecule has 0 radical (unpaired) electrons. The van der Waals surface area contributed by atoms with Crippen molar-refractivity contribution in [3.63, 3.8) is 0 Å². The highest BCUT2D eigenvalue weighted by atomic mass is 32.1. The second-order valence-corrected chi connectivity index (χ2v) is 7.00. The molecule has 0 saturated heterocycles. The molecule has 0 aliphatic heterocycles. The molecule has 1 heterocycles. The first kappa shape index (κ1) is 13.6. The van der Waals surface area contributed by atoms with Gasteiger partial charge in [-0.3, -0.25) is 0 Å². The minimum atomic E-state index is 0.645. The van der Waals surface area contributed by atoms with Gasteiger partial charge in [0.05, 0.1) is 10.7 Å². The molecule has 0 amide bonds. The van der Waals surface area contributed by atoms with E-state index in [1.54, 1.807) is 11.3 Å². The average Bonchev–Trinajstić information content (AvgIpc) is 2.86. The first-order valence-electron chi connectivity index (χ1n) is 7.50. The maximum atomic E-state index is 4.53. The maximum Gasteiger partial charge on any atom is 0.0901 e. The average molecular weight is 286 g/mol. The van der Waals surface area contributed by atoms with E-state index < -0.39 is 0 Å². The predicted molar refractivity (Wildman–Crippen MR) is 87.3 cm³/mol. The normalized spacial score (nSPS) is 22.7. The molecule has 2 aromatic rings. The van der Waals surface area contributed by atoms with Gasteiger partial charge >= 0.3 is 0 Å². The predicted octanol–water partition coefficient (Wildman–Crippen LogP) is 5.11. The molecule has 3 rings (SSSR count). The lowest BCUT2D eigenvalue weighted by Gasteiger charge is -2.28. The number of aryl methyl sites for hydroxylation is 1. The summed E-state index contributed by atoms with van der Waals surface area (Å²) in [7, 11) is 0. The molecule has 0 bridgehead atoms. The first-order valence-corrected chi connectivity index (χ1v) is 8.38. The van der Waals surface area contributed by atoms with Crippen LogP contribution in [0, 0.1) is 12.8 Å². The van der Waals surface area contributed by atoms with E-state index in [0.29, 0.717) is 6.04 Å². The van der Waals surface area contributed by atoms with Crippen LogP contribution < -0.4 is 5.32 Å². The summed E-state index contributed by atoms with van der Waals surface area (Å²) in [6.07, 6.45) is 5.35. The topological polar surface area (TPSA) is 24.9 Å². The lowest BCUT2D eigenvalue weighted by molar-refractivity contribution is 0.358. The van der Waals surface area contributed by atoms with Crippen molar-refractivity contribution >= 4 is 17.0 Å². The largest absolute Gasteiger partial charge is 0.382 e. The van der Waals surface area contributed by atoms with E-state index in [-0.39, 0.29) is 0 Å². The number of hydrogen-bond donors (Lipinski definition) is 1. The summed E-state index contributed by atoms with van der Waals surface area (Å²) in [6, 6.07) is 9.35. The van der Waals surface area contributed by atoms with E-state index >= 15 is 0 Å². The molecule has 1 saturated carbocycles. The molecule has 1 aromatic heterocycles. The second kappa shape index (κ2) is 5.96. The van der Waals surface area contributed by atoms with Crippen LogP contribution in [-0.2, 0) is 0 Å². The Morgan fingerprint density at radius 3 is 2.65 bits per heavy atom. The van der Waals surface area contributed by atoms with Crippen molar-refractivity contribution in [3.8, 4) is 11.3 Å². The zero-order valence-electron chi connectivity index (χ0n) is 12.2. The summed E-state index contributed by atoms with van der Waals surface area (Å²) in [4.78, 5) is 4.53. The SMILES string of the molecule is Cc1nc(-c2ccc(NC3CCCC(C)C3)cc2)cs1. The number of thiazole rings is 1. The Labute approximate surface area is 125 Å². The van der Waals surface area contributed by atoms with E-state index in [4.69, 9.17) is 0 Å². The second-order valence-electron chi connectivity index (χ2n) is 5.94. The quantitative estimate of drug-likeness (QED) is 0.848. The third kappa shape index (κ3) is 3.21. The minimum absolute atomic E-state index is 0.645. The van der Waals surface area contributed by atoms with Crippen molar-refractivity contribution in [2.45, 2.75) is 45.6 Å². The Kier molecular flexibility index (Phi) is 4.06. The Morgan fingerprint density at radius 2 is 2.00 bits per heavy atom. The van der Waals surface area contributed by atoms with Gasteiger partial charge in [-0.1, -0.05) is 31.9 Å². The molecule has 20 heavy (non-hydrogen) atoms. The molecule has 0 spiro atoms. The first-order chi connectivity index (χ1) is 9.70. The van der Waals surface area contributed by atoms with Crippen LogP contribution in [0.2, 0.25) is 0 Å². The molecule has 2 atom stereocenters. The number of nitrogens with one attached hydrogen (secondary N) is 1. The number of rotatable bonds is 3. The fourth-order valence-electron chi connectivity index (χ4n) is 3.03. The van der Waals surface area contributed by atoms with E-state index in [1.165, 1.54) is 36.9 Å². The van der Waals surface area contributed by atoms with Gasteiger partial charge in [0, 0.05) is 22.7 Å².